The fraction of sp³-hybridized carbons (Fsp3) is 0.350. The van der Waals surface area contributed by atoms with Gasteiger partial charge < -0.3 is 4.74 Å². The molecule has 2 heterocycles. The van der Waals surface area contributed by atoms with Crippen molar-refractivity contribution in [2.45, 2.75) is 37.3 Å². The van der Waals surface area contributed by atoms with Gasteiger partial charge in [-0.1, -0.05) is 52.5 Å². The summed E-state index contributed by atoms with van der Waals surface area (Å²) in [7, 11) is -3.84. The molecule has 2 aliphatic rings. The molecule has 1 amide bonds. The molecule has 0 N–H and O–H groups in total. The molecule has 2 aliphatic heterocycles. The SMILES string of the molecule is Cc1ccc2c(c1)COC(=O)N2C1CCN(S(=O)(=O)c2cc(Cl)c(Cl)cc2Cl)CC1. The molecular formula is C20H19Cl3N2O4S. The molecule has 2 aromatic carbocycles. The molecule has 0 unspecified atom stereocenters. The maximum Gasteiger partial charge on any atom is 0.414 e. The van der Waals surface area contributed by atoms with E-state index in [1.165, 1.54) is 16.4 Å². The monoisotopic (exact) mass is 488 g/mol. The van der Waals surface area contributed by atoms with Crippen molar-refractivity contribution in [2.24, 2.45) is 0 Å². The topological polar surface area (TPSA) is 66.9 Å². The van der Waals surface area contributed by atoms with Crippen LogP contribution in [0.2, 0.25) is 15.1 Å². The fourth-order valence-electron chi connectivity index (χ4n) is 3.90. The second-order valence-corrected chi connectivity index (χ2v) is 10.5. The number of hydrogen-bond acceptors (Lipinski definition) is 4. The van der Waals surface area contributed by atoms with Gasteiger partial charge in [0.15, 0.2) is 0 Å². The third kappa shape index (κ3) is 3.89. The summed E-state index contributed by atoms with van der Waals surface area (Å²) in [5.41, 5.74) is 2.86. The van der Waals surface area contributed by atoms with Crippen LogP contribution < -0.4 is 4.90 Å². The third-order valence-electron chi connectivity index (χ3n) is 5.42. The lowest BCUT2D eigenvalue weighted by Crippen LogP contribution is -2.50. The predicted octanol–water partition coefficient (Wildman–Crippen LogP) is 5.27. The van der Waals surface area contributed by atoms with Gasteiger partial charge in [-0.2, -0.15) is 4.31 Å². The molecule has 2 aromatic rings. The van der Waals surface area contributed by atoms with Gasteiger partial charge in [0.05, 0.1) is 20.8 Å². The number of benzene rings is 2. The van der Waals surface area contributed by atoms with Crippen LogP contribution in [0.5, 0.6) is 0 Å². The second-order valence-electron chi connectivity index (χ2n) is 7.39. The van der Waals surface area contributed by atoms with E-state index in [9.17, 15) is 13.2 Å². The maximum atomic E-state index is 13.1. The average Bonchev–Trinajstić information content (AvgIpc) is 2.71. The fourth-order valence-corrected chi connectivity index (χ4v) is 6.35. The van der Waals surface area contributed by atoms with Crippen LogP contribution in [0.4, 0.5) is 10.5 Å². The Morgan fingerprint density at radius 1 is 1.00 bits per heavy atom. The first-order valence-electron chi connectivity index (χ1n) is 9.38. The number of nitrogens with zero attached hydrogens (tertiary/aromatic N) is 2. The van der Waals surface area contributed by atoms with E-state index in [1.54, 1.807) is 4.90 Å². The van der Waals surface area contributed by atoms with Crippen molar-refractivity contribution in [3.8, 4) is 0 Å². The number of carbonyl (C=O) groups is 1. The molecule has 0 atom stereocenters. The number of piperidine rings is 1. The zero-order chi connectivity index (χ0) is 21.6. The average molecular weight is 490 g/mol. The summed E-state index contributed by atoms with van der Waals surface area (Å²) < 4.78 is 32.9. The molecule has 0 radical (unpaired) electrons. The quantitative estimate of drug-likeness (QED) is 0.551. The Labute approximate surface area is 190 Å². The first kappa shape index (κ1) is 21.7. The van der Waals surface area contributed by atoms with E-state index in [0.29, 0.717) is 12.8 Å². The van der Waals surface area contributed by atoms with Gasteiger partial charge in [-0.05, 0) is 38.0 Å². The summed E-state index contributed by atoms with van der Waals surface area (Å²) in [6.07, 6.45) is 0.543. The lowest BCUT2D eigenvalue weighted by atomic mass is 10.0. The Kier molecular flexibility index (Phi) is 5.94. The lowest BCUT2D eigenvalue weighted by molar-refractivity contribution is 0.135. The summed E-state index contributed by atoms with van der Waals surface area (Å²) in [6.45, 7) is 2.72. The highest BCUT2D eigenvalue weighted by atomic mass is 35.5. The van der Waals surface area contributed by atoms with Crippen molar-refractivity contribution in [1.29, 1.82) is 0 Å². The van der Waals surface area contributed by atoms with Gasteiger partial charge in [-0.15, -0.1) is 0 Å². The number of carbonyl (C=O) groups excluding carboxylic acids is 1. The predicted molar refractivity (Wildman–Crippen MR) is 117 cm³/mol. The molecule has 30 heavy (non-hydrogen) atoms. The number of sulfonamides is 1. The molecule has 0 bridgehead atoms. The number of ether oxygens (including phenoxy) is 1. The van der Waals surface area contributed by atoms with Crippen LogP contribution in [0, 0.1) is 6.92 Å². The minimum Gasteiger partial charge on any atom is -0.444 e. The Hall–Kier alpha value is -1.51. The molecule has 160 valence electrons. The standard InChI is InChI=1S/C20H19Cl3N2O4S/c1-12-2-3-18-13(8-12)11-29-20(26)25(18)14-4-6-24(7-5-14)30(27,28)19-10-16(22)15(21)9-17(19)23/h2-3,8-10,14H,4-7,11H2,1H3. The molecule has 0 saturated carbocycles. The lowest BCUT2D eigenvalue weighted by Gasteiger charge is -2.39. The van der Waals surface area contributed by atoms with Crippen LogP contribution in [0.1, 0.15) is 24.0 Å². The van der Waals surface area contributed by atoms with E-state index in [2.05, 4.69) is 0 Å². The molecule has 4 rings (SSSR count). The zero-order valence-corrected chi connectivity index (χ0v) is 19.2. The zero-order valence-electron chi connectivity index (χ0n) is 16.1. The number of anilines is 1. The molecular weight excluding hydrogens is 471 g/mol. The van der Waals surface area contributed by atoms with Gasteiger partial charge in [0, 0.05) is 24.7 Å². The first-order chi connectivity index (χ1) is 14.2. The number of amides is 1. The minimum atomic E-state index is -3.84. The Morgan fingerprint density at radius 2 is 1.67 bits per heavy atom. The Bertz CT molecular complexity index is 1120. The second kappa shape index (κ2) is 8.20. The number of fused-ring (bicyclic) bond motifs is 1. The molecule has 6 nitrogen and oxygen atoms in total. The van der Waals surface area contributed by atoms with Crippen molar-refractivity contribution >= 4 is 56.6 Å². The molecule has 1 fully saturated rings. The smallest absolute Gasteiger partial charge is 0.414 e. The number of halogens is 3. The highest BCUT2D eigenvalue weighted by molar-refractivity contribution is 7.89. The van der Waals surface area contributed by atoms with Crippen LogP contribution in [0.25, 0.3) is 0 Å². The molecule has 0 aromatic heterocycles. The Balaban J connectivity index is 1.55. The minimum absolute atomic E-state index is 0.0235. The van der Waals surface area contributed by atoms with E-state index < -0.39 is 16.1 Å². The molecule has 0 spiro atoms. The number of cyclic esters (lactones) is 1. The van der Waals surface area contributed by atoms with Gasteiger partial charge in [-0.3, -0.25) is 4.90 Å². The highest BCUT2D eigenvalue weighted by Gasteiger charge is 2.37. The highest BCUT2D eigenvalue weighted by Crippen LogP contribution is 2.36. The Morgan fingerprint density at radius 3 is 2.37 bits per heavy atom. The van der Waals surface area contributed by atoms with E-state index in [4.69, 9.17) is 39.5 Å². The van der Waals surface area contributed by atoms with Crippen molar-refractivity contribution in [3.05, 3.63) is 56.5 Å². The van der Waals surface area contributed by atoms with Gasteiger partial charge in [-0.25, -0.2) is 13.2 Å². The van der Waals surface area contributed by atoms with Crippen LogP contribution >= 0.6 is 34.8 Å². The largest absolute Gasteiger partial charge is 0.444 e. The van der Waals surface area contributed by atoms with Crippen LogP contribution in [0.3, 0.4) is 0 Å². The molecule has 1 saturated heterocycles. The van der Waals surface area contributed by atoms with E-state index in [1.807, 2.05) is 25.1 Å². The molecule has 10 heteroatoms. The van der Waals surface area contributed by atoms with Gasteiger partial charge in [0.1, 0.15) is 11.5 Å². The normalized spacial score (nSPS) is 18.3. The van der Waals surface area contributed by atoms with Gasteiger partial charge >= 0.3 is 6.09 Å². The first-order valence-corrected chi connectivity index (χ1v) is 12.0. The number of rotatable bonds is 3. The van der Waals surface area contributed by atoms with Crippen molar-refractivity contribution in [2.75, 3.05) is 18.0 Å². The van der Waals surface area contributed by atoms with Crippen molar-refractivity contribution in [1.82, 2.24) is 4.31 Å². The van der Waals surface area contributed by atoms with E-state index in [-0.39, 0.29) is 45.7 Å². The van der Waals surface area contributed by atoms with Crippen LogP contribution in [0.15, 0.2) is 35.2 Å². The van der Waals surface area contributed by atoms with Crippen molar-refractivity contribution < 1.29 is 17.9 Å². The van der Waals surface area contributed by atoms with Crippen molar-refractivity contribution in [3.63, 3.8) is 0 Å². The number of aryl methyl sites for hydroxylation is 1. The maximum absolute atomic E-state index is 13.1. The van der Waals surface area contributed by atoms with Crippen LogP contribution in [-0.4, -0.2) is 37.9 Å². The summed E-state index contributed by atoms with van der Waals surface area (Å²) in [5.74, 6) is 0. The molecule has 0 aliphatic carbocycles. The summed E-state index contributed by atoms with van der Waals surface area (Å²) in [6, 6.07) is 8.32. The van der Waals surface area contributed by atoms with E-state index in [0.717, 1.165) is 16.8 Å². The van der Waals surface area contributed by atoms with Gasteiger partial charge in [0.2, 0.25) is 10.0 Å². The number of hydrogen-bond donors (Lipinski definition) is 0. The summed E-state index contributed by atoms with van der Waals surface area (Å²) >= 11 is 18.0. The third-order valence-corrected chi connectivity index (χ3v) is 8.51. The van der Waals surface area contributed by atoms with Crippen LogP contribution in [-0.2, 0) is 21.4 Å². The van der Waals surface area contributed by atoms with Gasteiger partial charge in [0.25, 0.3) is 0 Å². The summed E-state index contributed by atoms with van der Waals surface area (Å²) in [4.78, 5) is 14.1. The summed E-state index contributed by atoms with van der Waals surface area (Å²) in [5, 5.41) is 0.338. The van der Waals surface area contributed by atoms with E-state index >= 15 is 0 Å².